The van der Waals surface area contributed by atoms with E-state index in [1.54, 1.807) is 43.6 Å². The van der Waals surface area contributed by atoms with E-state index in [0.29, 0.717) is 45.7 Å². The molecule has 0 saturated carbocycles. The van der Waals surface area contributed by atoms with Crippen LogP contribution in [0.2, 0.25) is 0 Å². The summed E-state index contributed by atoms with van der Waals surface area (Å²) < 4.78 is 37.3. The summed E-state index contributed by atoms with van der Waals surface area (Å²) in [6.07, 6.45) is 4.46. The summed E-state index contributed by atoms with van der Waals surface area (Å²) in [5.74, 6) is -0.304. The molecule has 0 radical (unpaired) electrons. The van der Waals surface area contributed by atoms with E-state index in [9.17, 15) is 18.0 Å². The zero-order valence-electron chi connectivity index (χ0n) is 21.1. The number of aryl methyl sites for hydroxylation is 1. The number of carbonyl (C=O) groups is 2. The quantitative estimate of drug-likeness (QED) is 0.198. The topological polar surface area (TPSA) is 126 Å². The van der Waals surface area contributed by atoms with Crippen LogP contribution in [0, 0.1) is 6.92 Å². The highest BCUT2D eigenvalue weighted by Crippen LogP contribution is 2.37. The van der Waals surface area contributed by atoms with E-state index < -0.39 is 15.8 Å². The van der Waals surface area contributed by atoms with Crippen molar-refractivity contribution in [2.45, 2.75) is 23.1 Å². The van der Waals surface area contributed by atoms with Crippen molar-refractivity contribution in [1.29, 1.82) is 0 Å². The van der Waals surface area contributed by atoms with Crippen LogP contribution in [0.1, 0.15) is 37.4 Å². The SMILES string of the molecule is COC(=O)c1cc(-c2ccc(C=O)c(Cc3cccnc3)c2N)cc(C)c1S(=O)(=O)c1ccc(OC)cc1. The molecule has 0 aliphatic carbocycles. The Morgan fingerprint density at radius 3 is 2.39 bits per heavy atom. The summed E-state index contributed by atoms with van der Waals surface area (Å²) in [5, 5.41) is 0. The minimum Gasteiger partial charge on any atom is -0.497 e. The number of carbonyl (C=O) groups excluding carboxylic acids is 2. The number of benzene rings is 3. The molecule has 4 rings (SSSR count). The number of pyridine rings is 1. The van der Waals surface area contributed by atoms with Crippen LogP contribution < -0.4 is 10.5 Å². The second-order valence-corrected chi connectivity index (χ2v) is 10.5. The molecule has 0 atom stereocenters. The first-order valence-corrected chi connectivity index (χ1v) is 13.1. The standard InChI is InChI=1S/C29H26N2O6S/c1-18-13-21(24-11-6-20(17-32)25(27(24)30)14-19-5-4-12-31-16-19)15-26(29(33)37-3)28(18)38(34,35)23-9-7-22(36-2)8-10-23/h4-13,15-17H,14,30H2,1-3H3. The lowest BCUT2D eigenvalue weighted by Gasteiger charge is -2.18. The van der Waals surface area contributed by atoms with E-state index in [1.807, 2.05) is 6.07 Å². The van der Waals surface area contributed by atoms with Gasteiger partial charge in [-0.1, -0.05) is 18.2 Å². The zero-order valence-corrected chi connectivity index (χ0v) is 21.9. The maximum absolute atomic E-state index is 13.6. The first-order valence-electron chi connectivity index (χ1n) is 11.6. The van der Waals surface area contributed by atoms with Crippen LogP contribution in [-0.2, 0) is 21.0 Å². The van der Waals surface area contributed by atoms with Crippen LogP contribution in [0.15, 0.2) is 82.8 Å². The van der Waals surface area contributed by atoms with Gasteiger partial charge in [0.15, 0.2) is 0 Å². The van der Waals surface area contributed by atoms with Crippen molar-refractivity contribution in [3.8, 4) is 16.9 Å². The number of aldehydes is 1. The molecule has 1 aromatic heterocycles. The fraction of sp³-hybridized carbons (Fsp3) is 0.138. The van der Waals surface area contributed by atoms with E-state index in [-0.39, 0.29) is 15.4 Å². The van der Waals surface area contributed by atoms with Crippen LogP contribution in [0.3, 0.4) is 0 Å². The van der Waals surface area contributed by atoms with Crippen LogP contribution in [0.4, 0.5) is 5.69 Å². The Balaban J connectivity index is 1.89. The summed E-state index contributed by atoms with van der Waals surface area (Å²) in [4.78, 5) is 28.6. The van der Waals surface area contributed by atoms with Gasteiger partial charge in [-0.15, -0.1) is 0 Å². The smallest absolute Gasteiger partial charge is 0.339 e. The van der Waals surface area contributed by atoms with Crippen molar-refractivity contribution >= 4 is 27.8 Å². The second kappa shape index (κ2) is 10.9. The van der Waals surface area contributed by atoms with Crippen LogP contribution in [0.25, 0.3) is 11.1 Å². The molecule has 0 unspecified atom stereocenters. The third-order valence-corrected chi connectivity index (χ3v) is 8.23. The van der Waals surface area contributed by atoms with Crippen molar-refractivity contribution < 1.29 is 27.5 Å². The van der Waals surface area contributed by atoms with Gasteiger partial charge in [-0.05, 0) is 71.6 Å². The Morgan fingerprint density at radius 1 is 1.05 bits per heavy atom. The second-order valence-electron chi connectivity index (χ2n) is 8.59. The Morgan fingerprint density at radius 2 is 1.79 bits per heavy atom. The van der Waals surface area contributed by atoms with Gasteiger partial charge in [-0.25, -0.2) is 13.2 Å². The molecular weight excluding hydrogens is 504 g/mol. The van der Waals surface area contributed by atoms with Crippen molar-refractivity contribution in [2.24, 2.45) is 0 Å². The Hall–Kier alpha value is -4.50. The summed E-state index contributed by atoms with van der Waals surface area (Å²) in [5.41, 5.74) is 10.1. The highest BCUT2D eigenvalue weighted by Gasteiger charge is 2.29. The lowest BCUT2D eigenvalue weighted by molar-refractivity contribution is 0.0596. The van der Waals surface area contributed by atoms with E-state index >= 15 is 0 Å². The van der Waals surface area contributed by atoms with E-state index in [1.165, 1.54) is 44.6 Å². The number of hydrogen-bond donors (Lipinski definition) is 1. The molecule has 194 valence electrons. The minimum atomic E-state index is -4.09. The Kier molecular flexibility index (Phi) is 7.59. The maximum Gasteiger partial charge on any atom is 0.339 e. The lowest BCUT2D eigenvalue weighted by Crippen LogP contribution is -2.14. The van der Waals surface area contributed by atoms with Crippen LogP contribution in [-0.4, -0.2) is 39.9 Å². The number of methoxy groups -OCH3 is 2. The third-order valence-electron chi connectivity index (χ3n) is 6.25. The first kappa shape index (κ1) is 26.6. The molecule has 2 N–H and O–H groups in total. The van der Waals surface area contributed by atoms with Gasteiger partial charge < -0.3 is 15.2 Å². The molecule has 0 aliphatic rings. The van der Waals surface area contributed by atoms with Gasteiger partial charge in [0.1, 0.15) is 12.0 Å². The molecule has 0 spiro atoms. The lowest BCUT2D eigenvalue weighted by atomic mass is 9.92. The van der Waals surface area contributed by atoms with Gasteiger partial charge in [0.05, 0.1) is 29.6 Å². The highest BCUT2D eigenvalue weighted by molar-refractivity contribution is 7.91. The largest absolute Gasteiger partial charge is 0.497 e. The van der Waals surface area contributed by atoms with Gasteiger partial charge in [0, 0.05) is 35.6 Å². The van der Waals surface area contributed by atoms with Gasteiger partial charge in [0.2, 0.25) is 9.84 Å². The van der Waals surface area contributed by atoms with Crippen molar-refractivity contribution in [3.05, 3.63) is 101 Å². The molecule has 3 aromatic carbocycles. The number of rotatable bonds is 8. The van der Waals surface area contributed by atoms with E-state index in [4.69, 9.17) is 15.2 Å². The molecule has 0 saturated heterocycles. The van der Waals surface area contributed by atoms with Gasteiger partial charge >= 0.3 is 5.97 Å². The Labute approximate surface area is 221 Å². The van der Waals surface area contributed by atoms with Gasteiger partial charge in [-0.3, -0.25) is 9.78 Å². The predicted octanol–water partition coefficient (Wildman–Crippen LogP) is 4.67. The monoisotopic (exact) mass is 530 g/mol. The maximum atomic E-state index is 13.6. The normalized spacial score (nSPS) is 11.1. The summed E-state index contributed by atoms with van der Waals surface area (Å²) in [6.45, 7) is 1.61. The van der Waals surface area contributed by atoms with Crippen LogP contribution in [0.5, 0.6) is 5.75 Å². The number of ether oxygens (including phenoxy) is 2. The number of nitrogen functional groups attached to an aromatic ring is 1. The number of nitrogens with zero attached hydrogens (tertiary/aromatic N) is 1. The molecule has 38 heavy (non-hydrogen) atoms. The minimum absolute atomic E-state index is 0.00732. The van der Waals surface area contributed by atoms with Crippen molar-refractivity contribution in [2.75, 3.05) is 20.0 Å². The first-order chi connectivity index (χ1) is 18.2. The molecular formula is C29H26N2O6S. The van der Waals surface area contributed by atoms with E-state index in [0.717, 1.165) is 11.8 Å². The van der Waals surface area contributed by atoms with E-state index in [2.05, 4.69) is 4.98 Å². The number of esters is 1. The number of aromatic nitrogens is 1. The average Bonchev–Trinajstić information content (AvgIpc) is 2.93. The third kappa shape index (κ3) is 5.01. The van der Waals surface area contributed by atoms with Crippen LogP contribution >= 0.6 is 0 Å². The highest BCUT2D eigenvalue weighted by atomic mass is 32.2. The zero-order chi connectivity index (χ0) is 27.4. The summed E-state index contributed by atoms with van der Waals surface area (Å²) >= 11 is 0. The molecule has 0 bridgehead atoms. The molecule has 1 heterocycles. The van der Waals surface area contributed by atoms with Gasteiger partial charge in [0.25, 0.3) is 0 Å². The fourth-order valence-electron chi connectivity index (χ4n) is 4.37. The molecule has 0 aliphatic heterocycles. The molecule has 0 amide bonds. The molecule has 4 aromatic rings. The van der Waals surface area contributed by atoms with Crippen molar-refractivity contribution in [1.82, 2.24) is 4.98 Å². The predicted molar refractivity (Wildman–Crippen MR) is 143 cm³/mol. The summed E-state index contributed by atoms with van der Waals surface area (Å²) in [7, 11) is -1.42. The number of sulfone groups is 1. The van der Waals surface area contributed by atoms with Gasteiger partial charge in [-0.2, -0.15) is 0 Å². The fourth-order valence-corrected chi connectivity index (χ4v) is 6.01. The number of nitrogens with two attached hydrogens (primary N) is 1. The molecule has 0 fully saturated rings. The number of hydrogen-bond acceptors (Lipinski definition) is 8. The average molecular weight is 531 g/mol. The molecule has 9 heteroatoms. The Bertz CT molecular complexity index is 1620. The number of anilines is 1. The molecule has 8 nitrogen and oxygen atoms in total. The van der Waals surface area contributed by atoms with Crippen molar-refractivity contribution in [3.63, 3.8) is 0 Å². The summed E-state index contributed by atoms with van der Waals surface area (Å²) in [6, 6.07) is 16.0.